The zero-order valence-corrected chi connectivity index (χ0v) is 18.4. The van der Waals surface area contributed by atoms with Crippen LogP contribution in [0.5, 0.6) is 0 Å². The third-order valence-corrected chi connectivity index (χ3v) is 5.14. The number of para-hydroxylation sites is 1. The van der Waals surface area contributed by atoms with E-state index >= 15 is 0 Å². The molecule has 8 nitrogen and oxygen atoms in total. The van der Waals surface area contributed by atoms with Gasteiger partial charge in [0.05, 0.1) is 37.0 Å². The molecule has 2 heterocycles. The van der Waals surface area contributed by atoms with Crippen LogP contribution in [0.4, 0.5) is 4.39 Å². The minimum Gasteiger partial charge on any atom is -0.491 e. The van der Waals surface area contributed by atoms with E-state index in [1.165, 1.54) is 12.3 Å². The van der Waals surface area contributed by atoms with Gasteiger partial charge in [-0.1, -0.05) is 30.8 Å². The molecule has 0 fully saturated rings. The lowest BCUT2D eigenvalue weighted by atomic mass is 10.1. The van der Waals surface area contributed by atoms with Crippen LogP contribution in [0.3, 0.4) is 0 Å². The summed E-state index contributed by atoms with van der Waals surface area (Å²) in [6.45, 7) is 3.74. The van der Waals surface area contributed by atoms with Gasteiger partial charge in [-0.3, -0.25) is 14.7 Å². The van der Waals surface area contributed by atoms with E-state index in [0.717, 1.165) is 10.9 Å². The molecule has 0 spiro atoms. The summed E-state index contributed by atoms with van der Waals surface area (Å²) in [4.78, 5) is 8.47. The van der Waals surface area contributed by atoms with Crippen LogP contribution in [0.15, 0.2) is 89.1 Å². The van der Waals surface area contributed by atoms with Gasteiger partial charge in [0.2, 0.25) is 0 Å². The minimum atomic E-state index is -0.492. The fourth-order valence-corrected chi connectivity index (χ4v) is 3.53. The molecule has 0 radical (unpaired) electrons. The zero-order valence-electron chi connectivity index (χ0n) is 18.4. The molecular weight excluding hydrogens is 433 g/mol. The molecule has 1 atom stereocenters. The Balaban J connectivity index is 1.64. The highest BCUT2D eigenvalue weighted by Gasteiger charge is 2.24. The number of rotatable bonds is 8. The van der Waals surface area contributed by atoms with Gasteiger partial charge in [-0.25, -0.2) is 4.39 Å². The lowest BCUT2D eigenvalue weighted by Gasteiger charge is -2.22. The van der Waals surface area contributed by atoms with Gasteiger partial charge in [0.15, 0.2) is 11.9 Å². The Morgan fingerprint density at radius 3 is 2.97 bits per heavy atom. The highest BCUT2D eigenvalue weighted by Crippen LogP contribution is 2.28. The van der Waals surface area contributed by atoms with Crippen molar-refractivity contribution in [3.63, 3.8) is 0 Å². The van der Waals surface area contributed by atoms with Crippen LogP contribution >= 0.6 is 0 Å². The fraction of sp³-hybridized carbons (Fsp3) is 0.120. The number of aliphatic imine (C=N–C) groups is 2. The van der Waals surface area contributed by atoms with Crippen LogP contribution in [-0.4, -0.2) is 29.3 Å². The molecule has 1 unspecified atom stereocenters. The van der Waals surface area contributed by atoms with E-state index in [1.54, 1.807) is 48.6 Å². The third kappa shape index (κ3) is 4.71. The van der Waals surface area contributed by atoms with E-state index in [1.807, 2.05) is 30.3 Å². The second-order valence-electron chi connectivity index (χ2n) is 7.23. The number of fused-ring (bicyclic) bond motifs is 1. The Kier molecular flexibility index (Phi) is 6.79. The number of methoxy groups -OCH3 is 1. The van der Waals surface area contributed by atoms with E-state index < -0.39 is 12.0 Å². The van der Waals surface area contributed by atoms with Crippen LogP contribution in [0.2, 0.25) is 0 Å². The van der Waals surface area contributed by atoms with Crippen LogP contribution in [-0.2, 0) is 11.3 Å². The van der Waals surface area contributed by atoms with Crippen molar-refractivity contribution in [2.24, 2.45) is 9.98 Å². The highest BCUT2D eigenvalue weighted by molar-refractivity contribution is 5.84. The van der Waals surface area contributed by atoms with Crippen molar-refractivity contribution >= 4 is 23.3 Å². The number of ether oxygens (including phenoxy) is 1. The first kappa shape index (κ1) is 22.5. The molecule has 1 aliphatic heterocycles. The van der Waals surface area contributed by atoms with Gasteiger partial charge < -0.3 is 15.4 Å². The van der Waals surface area contributed by atoms with Crippen molar-refractivity contribution in [3.05, 3.63) is 102 Å². The summed E-state index contributed by atoms with van der Waals surface area (Å²) in [5.74, 6) is 0.701. The van der Waals surface area contributed by atoms with Crippen molar-refractivity contribution in [3.8, 4) is 6.07 Å². The molecule has 9 heteroatoms. The number of nitriles is 1. The monoisotopic (exact) mass is 455 g/mol. The lowest BCUT2D eigenvalue weighted by Crippen LogP contribution is -2.32. The number of nitrogens with one attached hydrogen (secondary N) is 2. The van der Waals surface area contributed by atoms with Gasteiger partial charge in [0.1, 0.15) is 17.3 Å². The number of nitrogens with zero attached hydrogens (tertiary/aromatic N) is 5. The standard InChI is InChI=1S/C25H22FN7O/c1-3-28-11-6-12-29-24-22(34-2)15-30-25(31-24)23-19-7-4-5-8-21(19)33(32-23)16-18-10-9-17(14-27)13-20(18)26/h3-13,15,25,29,31H,1,16H2,2H3/b12-6+,28-11?. The number of allylic oxidation sites excluding steroid dienone is 2. The predicted octanol–water partition coefficient (Wildman–Crippen LogP) is 3.90. The molecule has 170 valence electrons. The van der Waals surface area contributed by atoms with Crippen molar-refractivity contribution in [1.82, 2.24) is 20.4 Å². The fourth-order valence-electron chi connectivity index (χ4n) is 3.53. The Morgan fingerprint density at radius 2 is 2.21 bits per heavy atom. The van der Waals surface area contributed by atoms with Gasteiger partial charge in [-0.2, -0.15) is 10.4 Å². The molecular formula is C25H22FN7O. The first-order valence-corrected chi connectivity index (χ1v) is 10.4. The van der Waals surface area contributed by atoms with Gasteiger partial charge >= 0.3 is 0 Å². The summed E-state index contributed by atoms with van der Waals surface area (Å²) >= 11 is 0. The molecule has 0 saturated carbocycles. The van der Waals surface area contributed by atoms with Crippen LogP contribution in [0.1, 0.15) is 23.0 Å². The summed E-state index contributed by atoms with van der Waals surface area (Å²) in [5, 5.41) is 21.1. The highest BCUT2D eigenvalue weighted by atomic mass is 19.1. The molecule has 34 heavy (non-hydrogen) atoms. The van der Waals surface area contributed by atoms with Gasteiger partial charge in [-0.15, -0.1) is 0 Å². The molecule has 2 aromatic carbocycles. The third-order valence-electron chi connectivity index (χ3n) is 5.14. The number of benzene rings is 2. The molecule has 4 rings (SSSR count). The summed E-state index contributed by atoms with van der Waals surface area (Å²) in [6, 6.07) is 14.1. The summed E-state index contributed by atoms with van der Waals surface area (Å²) in [5.41, 5.74) is 2.25. The van der Waals surface area contributed by atoms with Gasteiger partial charge in [0, 0.05) is 29.6 Å². The van der Waals surface area contributed by atoms with Crippen LogP contribution < -0.4 is 10.6 Å². The average Bonchev–Trinajstić information content (AvgIpc) is 3.23. The largest absolute Gasteiger partial charge is 0.491 e. The molecule has 0 aliphatic carbocycles. The molecule has 2 N–H and O–H groups in total. The van der Waals surface area contributed by atoms with E-state index in [9.17, 15) is 4.39 Å². The van der Waals surface area contributed by atoms with Crippen LogP contribution in [0.25, 0.3) is 10.9 Å². The molecule has 0 bridgehead atoms. The minimum absolute atomic E-state index is 0.212. The Bertz CT molecular complexity index is 1380. The second-order valence-corrected chi connectivity index (χ2v) is 7.23. The van der Waals surface area contributed by atoms with Gasteiger partial charge in [0.25, 0.3) is 0 Å². The van der Waals surface area contributed by atoms with E-state index in [4.69, 9.17) is 15.1 Å². The van der Waals surface area contributed by atoms with E-state index in [-0.39, 0.29) is 12.1 Å². The quantitative estimate of drug-likeness (QED) is 0.502. The van der Waals surface area contributed by atoms with Crippen molar-refractivity contribution < 1.29 is 9.13 Å². The number of hydrogen-bond acceptors (Lipinski definition) is 7. The maximum Gasteiger partial charge on any atom is 0.177 e. The first-order valence-electron chi connectivity index (χ1n) is 10.4. The summed E-state index contributed by atoms with van der Waals surface area (Å²) in [7, 11) is 1.56. The van der Waals surface area contributed by atoms with E-state index in [2.05, 4.69) is 27.2 Å². The molecule has 3 aromatic rings. The summed E-state index contributed by atoms with van der Waals surface area (Å²) < 4.78 is 21.7. The smallest absolute Gasteiger partial charge is 0.177 e. The number of hydrogen-bond donors (Lipinski definition) is 2. The molecule has 1 aliphatic rings. The zero-order chi connectivity index (χ0) is 23.9. The summed E-state index contributed by atoms with van der Waals surface area (Å²) in [6.07, 6.45) is 7.60. The van der Waals surface area contributed by atoms with Crippen LogP contribution in [0, 0.1) is 17.1 Å². The topological polar surface area (TPSA) is 99.6 Å². The number of halogens is 1. The van der Waals surface area contributed by atoms with Crippen molar-refractivity contribution in [2.45, 2.75) is 12.7 Å². The maximum atomic E-state index is 14.5. The second kappa shape index (κ2) is 10.3. The molecule has 0 saturated heterocycles. The SMILES string of the molecule is C=CN=C/C=C/NC1=C(OC)C=NC(c2nn(Cc3ccc(C#N)cc3F)c3ccccc23)N1. The van der Waals surface area contributed by atoms with E-state index in [0.29, 0.717) is 22.8 Å². The Labute approximate surface area is 196 Å². The average molecular weight is 455 g/mol. The van der Waals surface area contributed by atoms with Crippen molar-refractivity contribution in [2.75, 3.05) is 7.11 Å². The molecule has 1 aromatic heterocycles. The van der Waals surface area contributed by atoms with Crippen molar-refractivity contribution in [1.29, 1.82) is 5.26 Å². The molecule has 0 amide bonds. The number of aromatic nitrogens is 2. The Hall–Kier alpha value is -4.71. The normalized spacial score (nSPS) is 15.6. The predicted molar refractivity (Wildman–Crippen MR) is 129 cm³/mol. The van der Waals surface area contributed by atoms with Gasteiger partial charge in [-0.05, 0) is 24.3 Å². The lowest BCUT2D eigenvalue weighted by molar-refractivity contribution is 0.300. The Morgan fingerprint density at radius 1 is 1.35 bits per heavy atom. The maximum absolute atomic E-state index is 14.5. The first-order chi connectivity index (χ1) is 16.6.